The number of anilines is 1. The maximum atomic E-state index is 6.02. The fourth-order valence-electron chi connectivity index (χ4n) is 3.09. The van der Waals surface area contributed by atoms with Crippen molar-refractivity contribution >= 4 is 16.5 Å². The monoisotopic (exact) mass is 282 g/mol. The number of thiazole rings is 1. The van der Waals surface area contributed by atoms with Gasteiger partial charge in [0.05, 0.1) is 0 Å². The fraction of sp³-hybridized carbons (Fsp3) is 0.786. The van der Waals surface area contributed by atoms with Crippen molar-refractivity contribution in [3.05, 3.63) is 11.6 Å². The van der Waals surface area contributed by atoms with Gasteiger partial charge in [-0.1, -0.05) is 26.7 Å². The van der Waals surface area contributed by atoms with Gasteiger partial charge in [0.25, 0.3) is 0 Å². The van der Waals surface area contributed by atoms with Gasteiger partial charge in [-0.3, -0.25) is 4.90 Å². The highest BCUT2D eigenvalue weighted by Crippen LogP contribution is 2.23. The van der Waals surface area contributed by atoms with Crippen LogP contribution in [0.4, 0.5) is 5.13 Å². The van der Waals surface area contributed by atoms with Crippen molar-refractivity contribution < 1.29 is 0 Å². The first kappa shape index (κ1) is 14.8. The molecule has 1 aromatic rings. The predicted octanol–water partition coefficient (Wildman–Crippen LogP) is 2.03. The Balaban J connectivity index is 1.91. The molecule has 5 heteroatoms. The molecule has 0 aromatic carbocycles. The summed E-state index contributed by atoms with van der Waals surface area (Å²) in [6, 6.07) is 0.549. The van der Waals surface area contributed by atoms with Crippen molar-refractivity contribution in [3.63, 3.8) is 0 Å². The zero-order valence-corrected chi connectivity index (χ0v) is 12.9. The van der Waals surface area contributed by atoms with Crippen molar-refractivity contribution in [1.29, 1.82) is 0 Å². The molecule has 1 aliphatic rings. The number of rotatable bonds is 6. The van der Waals surface area contributed by atoms with Crippen LogP contribution in [0.25, 0.3) is 0 Å². The number of nitrogens with zero attached hydrogens (tertiary/aromatic N) is 3. The van der Waals surface area contributed by atoms with Crippen LogP contribution in [-0.2, 0) is 0 Å². The highest BCUT2D eigenvalue weighted by Gasteiger charge is 2.27. The minimum absolute atomic E-state index is 0.549. The summed E-state index contributed by atoms with van der Waals surface area (Å²) in [5.41, 5.74) is 6.02. The van der Waals surface area contributed by atoms with E-state index in [0.717, 1.165) is 43.8 Å². The minimum atomic E-state index is 0.549. The van der Waals surface area contributed by atoms with E-state index in [1.54, 1.807) is 11.3 Å². The van der Waals surface area contributed by atoms with Crippen molar-refractivity contribution in [2.45, 2.75) is 32.7 Å². The lowest BCUT2D eigenvalue weighted by atomic mass is 9.92. The Morgan fingerprint density at radius 2 is 1.95 bits per heavy atom. The molecule has 1 atom stereocenters. The lowest BCUT2D eigenvalue weighted by Crippen LogP contribution is -2.54. The molecule has 1 unspecified atom stereocenters. The molecule has 0 saturated carbocycles. The van der Waals surface area contributed by atoms with Crippen molar-refractivity contribution in [2.75, 3.05) is 37.6 Å². The van der Waals surface area contributed by atoms with Gasteiger partial charge in [-0.25, -0.2) is 4.98 Å². The topological polar surface area (TPSA) is 45.4 Å². The van der Waals surface area contributed by atoms with E-state index in [2.05, 4.69) is 34.0 Å². The quantitative estimate of drug-likeness (QED) is 0.867. The molecule has 2 N–H and O–H groups in total. The van der Waals surface area contributed by atoms with Gasteiger partial charge >= 0.3 is 0 Å². The van der Waals surface area contributed by atoms with Crippen LogP contribution in [-0.4, -0.2) is 48.6 Å². The molecule has 1 aliphatic heterocycles. The summed E-state index contributed by atoms with van der Waals surface area (Å²) in [5.74, 6) is 0.733. The second-order valence-electron chi connectivity index (χ2n) is 5.22. The van der Waals surface area contributed by atoms with Gasteiger partial charge in [0.1, 0.15) is 0 Å². The Bertz CT molecular complexity index is 342. The van der Waals surface area contributed by atoms with Crippen LogP contribution in [0.3, 0.4) is 0 Å². The summed E-state index contributed by atoms with van der Waals surface area (Å²) < 4.78 is 0. The van der Waals surface area contributed by atoms with Gasteiger partial charge in [-0.15, -0.1) is 11.3 Å². The molecule has 0 spiro atoms. The second kappa shape index (κ2) is 7.22. The van der Waals surface area contributed by atoms with Crippen molar-refractivity contribution in [2.24, 2.45) is 11.7 Å². The third kappa shape index (κ3) is 3.46. The summed E-state index contributed by atoms with van der Waals surface area (Å²) >= 11 is 1.73. The summed E-state index contributed by atoms with van der Waals surface area (Å²) in [6.07, 6.45) is 4.34. The maximum absolute atomic E-state index is 6.02. The van der Waals surface area contributed by atoms with Crippen LogP contribution in [0.2, 0.25) is 0 Å². The Morgan fingerprint density at radius 3 is 2.42 bits per heavy atom. The molecule has 2 heterocycles. The van der Waals surface area contributed by atoms with Crippen LogP contribution < -0.4 is 10.6 Å². The third-order valence-electron chi connectivity index (χ3n) is 4.31. The number of aromatic nitrogens is 1. The van der Waals surface area contributed by atoms with E-state index >= 15 is 0 Å². The van der Waals surface area contributed by atoms with Crippen LogP contribution >= 0.6 is 11.3 Å². The van der Waals surface area contributed by atoms with Crippen LogP contribution in [0.1, 0.15) is 26.7 Å². The standard InChI is InChI=1S/C14H26N4S/c1-3-12(4-2)13(11-15)17-6-8-18(9-7-17)14-16-5-10-19-14/h5,10,12-13H,3-4,6-9,11,15H2,1-2H3. The molecule has 0 aliphatic carbocycles. The van der Waals surface area contributed by atoms with Gasteiger partial charge in [0.2, 0.25) is 0 Å². The van der Waals surface area contributed by atoms with E-state index in [0.29, 0.717) is 6.04 Å². The second-order valence-corrected chi connectivity index (χ2v) is 6.09. The molecular weight excluding hydrogens is 256 g/mol. The molecular formula is C14H26N4S. The number of hydrogen-bond acceptors (Lipinski definition) is 5. The molecule has 1 fully saturated rings. The summed E-state index contributed by atoms with van der Waals surface area (Å²) in [6.45, 7) is 9.71. The molecule has 1 saturated heterocycles. The van der Waals surface area contributed by atoms with E-state index in [1.165, 1.54) is 12.8 Å². The zero-order chi connectivity index (χ0) is 13.7. The van der Waals surface area contributed by atoms with Gasteiger partial charge in [0, 0.05) is 50.3 Å². The van der Waals surface area contributed by atoms with Crippen LogP contribution in [0.15, 0.2) is 11.6 Å². The molecule has 2 rings (SSSR count). The summed E-state index contributed by atoms with van der Waals surface area (Å²) in [4.78, 5) is 9.37. The Morgan fingerprint density at radius 1 is 1.26 bits per heavy atom. The van der Waals surface area contributed by atoms with Gasteiger partial charge in [-0.05, 0) is 5.92 Å². The van der Waals surface area contributed by atoms with Gasteiger partial charge in [-0.2, -0.15) is 0 Å². The van der Waals surface area contributed by atoms with E-state index < -0.39 is 0 Å². The maximum Gasteiger partial charge on any atom is 0.185 e. The highest BCUT2D eigenvalue weighted by molar-refractivity contribution is 7.13. The predicted molar refractivity (Wildman–Crippen MR) is 82.8 cm³/mol. The molecule has 0 amide bonds. The number of hydrogen-bond donors (Lipinski definition) is 1. The third-order valence-corrected chi connectivity index (χ3v) is 5.14. The lowest BCUT2D eigenvalue weighted by molar-refractivity contribution is 0.132. The molecule has 19 heavy (non-hydrogen) atoms. The number of piperazine rings is 1. The average Bonchev–Trinajstić information content (AvgIpc) is 2.99. The summed E-state index contributed by atoms with van der Waals surface area (Å²) in [7, 11) is 0. The smallest absolute Gasteiger partial charge is 0.185 e. The average molecular weight is 282 g/mol. The van der Waals surface area contributed by atoms with Gasteiger partial charge in [0.15, 0.2) is 5.13 Å². The minimum Gasteiger partial charge on any atom is -0.346 e. The van der Waals surface area contributed by atoms with Crippen LogP contribution in [0.5, 0.6) is 0 Å². The Labute approximate surface area is 120 Å². The first-order valence-electron chi connectivity index (χ1n) is 7.38. The van der Waals surface area contributed by atoms with E-state index in [9.17, 15) is 0 Å². The highest BCUT2D eigenvalue weighted by atomic mass is 32.1. The Kier molecular flexibility index (Phi) is 5.60. The zero-order valence-electron chi connectivity index (χ0n) is 12.1. The fourth-order valence-corrected chi connectivity index (χ4v) is 3.79. The SMILES string of the molecule is CCC(CC)C(CN)N1CCN(c2nccs2)CC1. The van der Waals surface area contributed by atoms with E-state index in [4.69, 9.17) is 5.73 Å². The molecule has 4 nitrogen and oxygen atoms in total. The van der Waals surface area contributed by atoms with Crippen molar-refractivity contribution in [1.82, 2.24) is 9.88 Å². The van der Waals surface area contributed by atoms with Gasteiger partial charge < -0.3 is 10.6 Å². The first-order chi connectivity index (χ1) is 9.30. The summed E-state index contributed by atoms with van der Waals surface area (Å²) in [5, 5.41) is 3.21. The van der Waals surface area contributed by atoms with Crippen molar-refractivity contribution in [3.8, 4) is 0 Å². The molecule has 108 valence electrons. The van der Waals surface area contributed by atoms with Crippen LogP contribution in [0, 0.1) is 5.92 Å². The first-order valence-corrected chi connectivity index (χ1v) is 8.26. The molecule has 0 radical (unpaired) electrons. The largest absolute Gasteiger partial charge is 0.346 e. The molecule has 0 bridgehead atoms. The molecule has 1 aromatic heterocycles. The van der Waals surface area contributed by atoms with E-state index in [1.807, 2.05) is 6.20 Å². The van der Waals surface area contributed by atoms with E-state index in [-0.39, 0.29) is 0 Å². The normalized spacial score (nSPS) is 19.1. The Hall–Kier alpha value is -0.650. The lowest BCUT2D eigenvalue weighted by Gasteiger charge is -2.41. The number of nitrogens with two attached hydrogens (primary N) is 1.